The molecule has 0 fully saturated rings. The number of carbonyl (C=O) groups is 1. The van der Waals surface area contributed by atoms with Gasteiger partial charge in [-0.05, 0) is 13.8 Å². The zero-order chi connectivity index (χ0) is 15.4. The highest BCUT2D eigenvalue weighted by atomic mass is 32.2. The Bertz CT molecular complexity index is 590. The largest absolute Gasteiger partial charge is 0.332 e. The first-order chi connectivity index (χ1) is 9.07. The number of carbonyl (C=O) groups excluding carboxylic acids is 1. The normalized spacial score (nSPS) is 12.0. The van der Waals surface area contributed by atoms with Crippen LogP contribution in [0.5, 0.6) is 0 Å². The molecule has 0 atom stereocenters. The van der Waals surface area contributed by atoms with Gasteiger partial charge < -0.3 is 10.6 Å². The van der Waals surface area contributed by atoms with E-state index in [2.05, 4.69) is 20.3 Å². The van der Waals surface area contributed by atoms with Crippen molar-refractivity contribution in [1.29, 1.82) is 0 Å². The molecule has 1 rings (SSSR count). The number of urea groups is 1. The first-order valence-electron chi connectivity index (χ1n) is 5.54. The van der Waals surface area contributed by atoms with Crippen LogP contribution in [-0.2, 0) is 10.2 Å². The number of hydrogen-bond donors (Lipinski definition) is 4. The van der Waals surface area contributed by atoms with Crippen molar-refractivity contribution >= 4 is 21.9 Å². The molecule has 2 amide bonds. The van der Waals surface area contributed by atoms with Crippen molar-refractivity contribution in [2.75, 3.05) is 11.9 Å². The summed E-state index contributed by atoms with van der Waals surface area (Å²) in [5, 5.41) is 9.69. The Hall–Kier alpha value is -1.78. The number of amides is 2. The summed E-state index contributed by atoms with van der Waals surface area (Å²) in [5.74, 6) is -0.585. The lowest BCUT2D eigenvalue weighted by atomic mass is 10.1. The minimum Gasteiger partial charge on any atom is -0.332 e. The highest BCUT2D eigenvalue weighted by molar-refractivity contribution is 7.87. The van der Waals surface area contributed by atoms with E-state index in [1.54, 1.807) is 13.8 Å². The Labute approximate surface area is 116 Å². The number of nitrogens with one attached hydrogen (secondary N) is 3. The summed E-state index contributed by atoms with van der Waals surface area (Å²) in [6.07, 6.45) is 2.28. The smallest absolute Gasteiger partial charge is 0.319 e. The lowest BCUT2D eigenvalue weighted by molar-refractivity contribution is 0.241. The lowest BCUT2D eigenvalue weighted by Crippen LogP contribution is -2.53. The van der Waals surface area contributed by atoms with Gasteiger partial charge in [-0.15, -0.1) is 0 Å². The number of pyridine rings is 1. The molecular weight excluding hydrogens is 289 g/mol. The molecule has 0 spiro atoms. The highest BCUT2D eigenvalue weighted by Crippen LogP contribution is 2.07. The molecule has 0 unspecified atom stereocenters. The van der Waals surface area contributed by atoms with E-state index in [0.29, 0.717) is 0 Å². The molecule has 20 heavy (non-hydrogen) atoms. The average Bonchev–Trinajstić information content (AvgIpc) is 2.24. The summed E-state index contributed by atoms with van der Waals surface area (Å²) in [5.41, 5.74) is -0.713. The molecule has 0 aliphatic heterocycles. The van der Waals surface area contributed by atoms with Crippen LogP contribution in [0.2, 0.25) is 0 Å². The molecule has 0 aliphatic rings. The van der Waals surface area contributed by atoms with Gasteiger partial charge in [-0.3, -0.25) is 4.98 Å². The summed E-state index contributed by atoms with van der Waals surface area (Å²) in [6.45, 7) is 3.09. The second-order valence-electron chi connectivity index (χ2n) is 4.72. The maximum absolute atomic E-state index is 12.9. The van der Waals surface area contributed by atoms with E-state index in [-0.39, 0.29) is 12.2 Å². The molecule has 8 nitrogen and oxygen atoms in total. The van der Waals surface area contributed by atoms with Gasteiger partial charge in [-0.25, -0.2) is 19.0 Å². The molecule has 0 saturated heterocycles. The summed E-state index contributed by atoms with van der Waals surface area (Å²) >= 11 is 0. The van der Waals surface area contributed by atoms with Crippen molar-refractivity contribution in [2.45, 2.75) is 19.4 Å². The fourth-order valence-electron chi connectivity index (χ4n) is 1.28. The minimum atomic E-state index is -3.84. The van der Waals surface area contributed by atoms with Gasteiger partial charge in [0.05, 0.1) is 18.1 Å². The zero-order valence-corrected chi connectivity index (χ0v) is 11.8. The van der Waals surface area contributed by atoms with Crippen molar-refractivity contribution < 1.29 is 17.6 Å². The molecule has 1 heterocycles. The van der Waals surface area contributed by atoms with Crippen molar-refractivity contribution in [3.05, 3.63) is 24.3 Å². The third kappa shape index (κ3) is 6.41. The standard InChI is InChI=1S/C10H16FN5O3S/c1-10(2,6-14-20(12,18)19)16-9(17)15-8-3-7(11)4-13-5-8/h3-5,14H,6H2,1-2H3,(H2,12,18,19)(H2,15,16,17). The Morgan fingerprint density at radius 1 is 1.45 bits per heavy atom. The predicted octanol–water partition coefficient (Wildman–Crippen LogP) is -0.0861. The van der Waals surface area contributed by atoms with Gasteiger partial charge >= 0.3 is 6.03 Å². The number of hydrogen-bond acceptors (Lipinski definition) is 4. The van der Waals surface area contributed by atoms with Gasteiger partial charge in [0.1, 0.15) is 5.82 Å². The number of anilines is 1. The van der Waals surface area contributed by atoms with Gasteiger partial charge in [0.25, 0.3) is 10.2 Å². The zero-order valence-electron chi connectivity index (χ0n) is 11.0. The number of rotatable bonds is 5. The van der Waals surface area contributed by atoms with Crippen LogP contribution < -0.4 is 20.5 Å². The van der Waals surface area contributed by atoms with Gasteiger partial charge in [0.15, 0.2) is 0 Å². The van der Waals surface area contributed by atoms with Crippen molar-refractivity contribution in [3.63, 3.8) is 0 Å². The third-order valence-corrected chi connectivity index (χ3v) is 2.68. The third-order valence-electron chi connectivity index (χ3n) is 2.13. The monoisotopic (exact) mass is 305 g/mol. The van der Waals surface area contributed by atoms with Crippen LogP contribution in [0.25, 0.3) is 0 Å². The van der Waals surface area contributed by atoms with Crippen molar-refractivity contribution in [2.24, 2.45) is 5.14 Å². The molecule has 5 N–H and O–H groups in total. The molecule has 10 heteroatoms. The lowest BCUT2D eigenvalue weighted by Gasteiger charge is -2.26. The topological polar surface area (TPSA) is 126 Å². The molecule has 0 aliphatic carbocycles. The minimum absolute atomic E-state index is 0.0966. The van der Waals surface area contributed by atoms with Crippen molar-refractivity contribution in [3.8, 4) is 0 Å². The molecule has 1 aromatic heterocycles. The van der Waals surface area contributed by atoms with E-state index in [1.165, 1.54) is 6.20 Å². The van der Waals surface area contributed by atoms with Gasteiger partial charge in [0, 0.05) is 18.2 Å². The van der Waals surface area contributed by atoms with E-state index in [0.717, 1.165) is 12.3 Å². The van der Waals surface area contributed by atoms with Crippen LogP contribution in [0.1, 0.15) is 13.8 Å². The maximum Gasteiger partial charge on any atom is 0.319 e. The Morgan fingerprint density at radius 2 is 2.10 bits per heavy atom. The number of nitrogens with two attached hydrogens (primary N) is 1. The van der Waals surface area contributed by atoms with Crippen molar-refractivity contribution in [1.82, 2.24) is 15.0 Å². The molecule has 1 aromatic rings. The van der Waals surface area contributed by atoms with Gasteiger partial charge in [0.2, 0.25) is 0 Å². The quantitative estimate of drug-likeness (QED) is 0.606. The summed E-state index contributed by atoms with van der Waals surface area (Å²) < 4.78 is 36.5. The number of nitrogens with zero attached hydrogens (tertiary/aromatic N) is 1. The van der Waals surface area contributed by atoms with E-state index < -0.39 is 27.6 Å². The number of aromatic nitrogens is 1. The first-order valence-corrected chi connectivity index (χ1v) is 7.09. The highest BCUT2D eigenvalue weighted by Gasteiger charge is 2.22. The van der Waals surface area contributed by atoms with Crippen LogP contribution in [0, 0.1) is 5.82 Å². The van der Waals surface area contributed by atoms with E-state index in [1.807, 2.05) is 0 Å². The molecule has 0 bridgehead atoms. The average molecular weight is 305 g/mol. The Balaban J connectivity index is 2.56. The molecular formula is C10H16FN5O3S. The molecule has 112 valence electrons. The van der Waals surface area contributed by atoms with E-state index in [4.69, 9.17) is 5.14 Å². The van der Waals surface area contributed by atoms with Crippen LogP contribution in [0.15, 0.2) is 18.5 Å². The van der Waals surface area contributed by atoms with Gasteiger partial charge in [-0.1, -0.05) is 0 Å². The van der Waals surface area contributed by atoms with Crippen LogP contribution in [-0.4, -0.2) is 31.5 Å². The van der Waals surface area contributed by atoms with E-state index >= 15 is 0 Å². The Kier molecular flexibility index (Phi) is 4.98. The molecule has 0 aromatic carbocycles. The summed E-state index contributed by atoms with van der Waals surface area (Å²) in [6, 6.07) is 0.473. The first kappa shape index (κ1) is 16.3. The second kappa shape index (κ2) is 6.11. The van der Waals surface area contributed by atoms with Crippen LogP contribution in [0.4, 0.5) is 14.9 Å². The summed E-state index contributed by atoms with van der Waals surface area (Å²) in [4.78, 5) is 15.3. The second-order valence-corrected chi connectivity index (χ2v) is 6.10. The molecule has 0 radical (unpaired) electrons. The fourth-order valence-corrected chi connectivity index (χ4v) is 1.84. The SMILES string of the molecule is CC(C)(CNS(N)(=O)=O)NC(=O)Nc1cncc(F)c1. The number of halogens is 1. The van der Waals surface area contributed by atoms with Crippen LogP contribution >= 0.6 is 0 Å². The Morgan fingerprint density at radius 3 is 2.65 bits per heavy atom. The summed E-state index contributed by atoms with van der Waals surface area (Å²) in [7, 11) is -3.84. The predicted molar refractivity (Wildman–Crippen MR) is 71.5 cm³/mol. The molecule has 0 saturated carbocycles. The fraction of sp³-hybridized carbons (Fsp3) is 0.400. The van der Waals surface area contributed by atoms with Crippen LogP contribution in [0.3, 0.4) is 0 Å². The maximum atomic E-state index is 12.9. The van der Waals surface area contributed by atoms with E-state index in [9.17, 15) is 17.6 Å². The van der Waals surface area contributed by atoms with Gasteiger partial charge in [-0.2, -0.15) is 8.42 Å².